The number of rotatable bonds is 0. The van der Waals surface area contributed by atoms with Crippen molar-refractivity contribution in [1.82, 2.24) is 3.12 Å². The molecular weight excluding hydrogens is 197 g/mol. The van der Waals surface area contributed by atoms with E-state index in [2.05, 4.69) is 0 Å². The van der Waals surface area contributed by atoms with Gasteiger partial charge in [-0.2, -0.15) is 0 Å². The zero-order chi connectivity index (χ0) is 5.28. The average Bonchev–Trinajstić information content (AvgIpc) is 1.91. The molecule has 7 heavy (non-hydrogen) atoms. The second kappa shape index (κ2) is 2.03. The van der Waals surface area contributed by atoms with Gasteiger partial charge in [0.1, 0.15) is 0 Å². The van der Waals surface area contributed by atoms with Gasteiger partial charge in [-0.1, -0.05) is 0 Å². The molecule has 3 radical (unpaired) electrons. The van der Waals surface area contributed by atoms with E-state index in [0.29, 0.717) is 5.91 Å². The standard InChI is InChI=1S/C4H7NO.Sn/c6-4-2-1-3-5-4;/h1-3H2,(H,5,6);/q;+1/p-1. The maximum atomic E-state index is 10.5. The molecule has 2 nitrogen and oxygen atoms in total. The molecule has 3 heteroatoms. The molecule has 1 aliphatic rings. The Hall–Kier alpha value is 0.269. The van der Waals surface area contributed by atoms with Gasteiger partial charge in [0.05, 0.1) is 0 Å². The number of nitrogens with zero attached hydrogens (tertiary/aromatic N) is 1. The first-order chi connectivity index (χ1) is 3.30. The van der Waals surface area contributed by atoms with E-state index in [1.807, 2.05) is 3.12 Å². The van der Waals surface area contributed by atoms with E-state index >= 15 is 0 Å². The summed E-state index contributed by atoms with van der Waals surface area (Å²) in [5.41, 5.74) is 0. The van der Waals surface area contributed by atoms with Crippen LogP contribution in [0.3, 0.4) is 0 Å². The molecule has 1 aliphatic heterocycles. The van der Waals surface area contributed by atoms with Gasteiger partial charge >= 0.3 is 56.0 Å². The summed E-state index contributed by atoms with van der Waals surface area (Å²) in [6, 6.07) is 0. The monoisotopic (exact) mass is 204 g/mol. The first kappa shape index (κ1) is 5.41. The van der Waals surface area contributed by atoms with Crippen LogP contribution < -0.4 is 0 Å². The van der Waals surface area contributed by atoms with E-state index in [9.17, 15) is 4.79 Å². The summed E-state index contributed by atoms with van der Waals surface area (Å²) in [5, 5.41) is 0. The van der Waals surface area contributed by atoms with Gasteiger partial charge in [-0.05, 0) is 0 Å². The summed E-state index contributed by atoms with van der Waals surface area (Å²) in [7, 11) is 0. The average molecular weight is 203 g/mol. The summed E-state index contributed by atoms with van der Waals surface area (Å²) < 4.78 is 1.85. The Morgan fingerprint density at radius 1 is 1.71 bits per heavy atom. The van der Waals surface area contributed by atoms with Crippen LogP contribution in [0.2, 0.25) is 0 Å². The van der Waals surface area contributed by atoms with Crippen molar-refractivity contribution in [2.75, 3.05) is 6.54 Å². The van der Waals surface area contributed by atoms with Crippen molar-refractivity contribution < 1.29 is 4.79 Å². The van der Waals surface area contributed by atoms with Crippen molar-refractivity contribution in [2.24, 2.45) is 0 Å². The predicted octanol–water partition coefficient (Wildman–Crippen LogP) is -0.308. The second-order valence-corrected chi connectivity index (χ2v) is 3.19. The van der Waals surface area contributed by atoms with E-state index in [0.717, 1.165) is 19.4 Å². The van der Waals surface area contributed by atoms with Crippen LogP contribution in [0.15, 0.2) is 0 Å². The van der Waals surface area contributed by atoms with E-state index in [1.54, 1.807) is 0 Å². The van der Waals surface area contributed by atoms with E-state index in [1.165, 1.54) is 22.8 Å². The van der Waals surface area contributed by atoms with Crippen LogP contribution in [0.25, 0.3) is 0 Å². The van der Waals surface area contributed by atoms with Crippen LogP contribution in [-0.4, -0.2) is 38.4 Å². The Bertz CT molecular complexity index is 93.7. The van der Waals surface area contributed by atoms with Gasteiger partial charge < -0.3 is 0 Å². The quantitative estimate of drug-likeness (QED) is 0.494. The topological polar surface area (TPSA) is 20.3 Å². The predicted molar refractivity (Wildman–Crippen MR) is 26.7 cm³/mol. The van der Waals surface area contributed by atoms with Crippen molar-refractivity contribution in [3.05, 3.63) is 0 Å². The molecule has 0 aromatic rings. The second-order valence-electron chi connectivity index (χ2n) is 1.65. The SMILES string of the molecule is O=C1CCC[N]1[Sn]. The molecule has 0 unspecified atom stereocenters. The fourth-order valence-electron chi connectivity index (χ4n) is 0.648. The molecular formula is C4H6NOSn. The number of carbonyl (C=O) groups excluding carboxylic acids is 1. The van der Waals surface area contributed by atoms with Gasteiger partial charge in [-0.3, -0.25) is 0 Å². The fraction of sp³-hybridized carbons (Fsp3) is 0.750. The Morgan fingerprint density at radius 3 is 2.57 bits per heavy atom. The van der Waals surface area contributed by atoms with Crippen molar-refractivity contribution in [3.8, 4) is 0 Å². The fourth-order valence-corrected chi connectivity index (χ4v) is 1.42. The van der Waals surface area contributed by atoms with Crippen molar-refractivity contribution >= 4 is 28.7 Å². The molecule has 1 saturated heterocycles. The van der Waals surface area contributed by atoms with Crippen molar-refractivity contribution in [2.45, 2.75) is 12.8 Å². The van der Waals surface area contributed by atoms with Crippen LogP contribution in [0.5, 0.6) is 0 Å². The third kappa shape index (κ3) is 1.08. The first-order valence-electron chi connectivity index (χ1n) is 2.32. The van der Waals surface area contributed by atoms with E-state index in [-0.39, 0.29) is 0 Å². The van der Waals surface area contributed by atoms with E-state index in [4.69, 9.17) is 0 Å². The molecule has 1 fully saturated rings. The number of amides is 1. The molecule has 0 spiro atoms. The zero-order valence-corrected chi connectivity index (χ0v) is 6.83. The first-order valence-corrected chi connectivity index (χ1v) is 3.60. The Balaban J connectivity index is 2.48. The molecule has 37 valence electrons. The van der Waals surface area contributed by atoms with Crippen LogP contribution >= 0.6 is 0 Å². The summed E-state index contributed by atoms with van der Waals surface area (Å²) in [5.74, 6) is 0.332. The molecule has 1 rings (SSSR count). The Morgan fingerprint density at radius 2 is 2.43 bits per heavy atom. The number of carbonyl (C=O) groups is 1. The van der Waals surface area contributed by atoms with Crippen LogP contribution in [0.4, 0.5) is 0 Å². The van der Waals surface area contributed by atoms with Gasteiger partial charge in [0.15, 0.2) is 0 Å². The van der Waals surface area contributed by atoms with Crippen LogP contribution in [0, 0.1) is 0 Å². The number of hydrogen-bond acceptors (Lipinski definition) is 1. The Kier molecular flexibility index (Phi) is 1.56. The van der Waals surface area contributed by atoms with Crippen LogP contribution in [-0.2, 0) is 4.79 Å². The van der Waals surface area contributed by atoms with Gasteiger partial charge in [0.2, 0.25) is 0 Å². The molecule has 0 bridgehead atoms. The molecule has 0 aromatic heterocycles. The van der Waals surface area contributed by atoms with Crippen molar-refractivity contribution in [3.63, 3.8) is 0 Å². The third-order valence-corrected chi connectivity index (χ3v) is 2.42. The van der Waals surface area contributed by atoms with Gasteiger partial charge in [0, 0.05) is 0 Å². The molecule has 1 heterocycles. The zero-order valence-electron chi connectivity index (χ0n) is 3.98. The summed E-state index contributed by atoms with van der Waals surface area (Å²) in [4.78, 5) is 10.5. The summed E-state index contributed by atoms with van der Waals surface area (Å²) in [6.07, 6.45) is 1.86. The molecule has 0 N–H and O–H groups in total. The van der Waals surface area contributed by atoms with E-state index < -0.39 is 0 Å². The minimum atomic E-state index is 0.332. The number of hydrogen-bond donors (Lipinski definition) is 0. The normalized spacial score (nSPS) is 21.3. The van der Waals surface area contributed by atoms with Gasteiger partial charge in [-0.15, -0.1) is 0 Å². The third-order valence-electron chi connectivity index (χ3n) is 1.07. The van der Waals surface area contributed by atoms with Crippen LogP contribution in [0.1, 0.15) is 12.8 Å². The molecule has 0 saturated carbocycles. The molecule has 0 atom stereocenters. The Labute approximate surface area is 56.3 Å². The summed E-state index contributed by atoms with van der Waals surface area (Å²) >= 11 is 1.25. The van der Waals surface area contributed by atoms with Gasteiger partial charge in [0.25, 0.3) is 0 Å². The molecule has 0 aromatic carbocycles. The molecule has 1 amide bonds. The summed E-state index contributed by atoms with van der Waals surface area (Å²) in [6.45, 7) is 0.997. The van der Waals surface area contributed by atoms with Crippen molar-refractivity contribution in [1.29, 1.82) is 0 Å². The maximum absolute atomic E-state index is 10.5. The van der Waals surface area contributed by atoms with Gasteiger partial charge in [-0.25, -0.2) is 0 Å². The minimum absolute atomic E-state index is 0.332. The molecule has 0 aliphatic carbocycles.